The molecule has 2 saturated heterocycles. The van der Waals surface area contributed by atoms with E-state index in [9.17, 15) is 4.79 Å². The Bertz CT molecular complexity index is 561. The van der Waals surface area contributed by atoms with Crippen molar-refractivity contribution in [3.8, 4) is 0 Å². The molecule has 6 nitrogen and oxygen atoms in total. The molecule has 0 unspecified atom stereocenters. The van der Waals surface area contributed by atoms with Crippen LogP contribution in [0, 0.1) is 6.92 Å². The molecule has 1 aromatic rings. The number of nitrogens with zero attached hydrogens (tertiary/aromatic N) is 2. The monoisotopic (exact) mass is 336 g/mol. The lowest BCUT2D eigenvalue weighted by atomic mass is 9.88. The van der Waals surface area contributed by atoms with Crippen LogP contribution in [0.3, 0.4) is 0 Å². The summed E-state index contributed by atoms with van der Waals surface area (Å²) in [5.41, 5.74) is -0.0680. The van der Waals surface area contributed by atoms with Gasteiger partial charge in [-0.05, 0) is 31.9 Å². The van der Waals surface area contributed by atoms with Crippen molar-refractivity contribution in [2.24, 2.45) is 0 Å². The summed E-state index contributed by atoms with van der Waals surface area (Å²) in [6, 6.07) is 4.06. The van der Waals surface area contributed by atoms with Gasteiger partial charge in [0, 0.05) is 33.6 Å². The summed E-state index contributed by atoms with van der Waals surface area (Å²) in [4.78, 5) is 15.6. The van der Waals surface area contributed by atoms with Crippen LogP contribution < -0.4 is 0 Å². The molecule has 0 saturated carbocycles. The number of aryl methyl sites for hydroxylation is 1. The second-order valence-electron chi connectivity index (χ2n) is 7.21. The number of piperidine rings is 1. The molecule has 0 aromatic carbocycles. The maximum absolute atomic E-state index is 11.6. The Morgan fingerprint density at radius 3 is 2.75 bits per heavy atom. The zero-order valence-electron chi connectivity index (χ0n) is 14.9. The van der Waals surface area contributed by atoms with Gasteiger partial charge in [-0.15, -0.1) is 0 Å². The molecule has 1 aromatic heterocycles. The highest BCUT2D eigenvalue weighted by molar-refractivity contribution is 5.76. The Hall–Kier alpha value is -1.37. The average molecular weight is 336 g/mol. The van der Waals surface area contributed by atoms with Crippen molar-refractivity contribution >= 4 is 5.91 Å². The third kappa shape index (κ3) is 4.18. The number of ether oxygens (including phenoxy) is 2. The predicted octanol–water partition coefficient (Wildman–Crippen LogP) is 1.82. The van der Waals surface area contributed by atoms with Gasteiger partial charge in [0.05, 0.1) is 24.9 Å². The molecule has 24 heavy (non-hydrogen) atoms. The molecule has 3 rings (SSSR count). The molecule has 1 spiro atoms. The zero-order valence-corrected chi connectivity index (χ0v) is 14.9. The van der Waals surface area contributed by atoms with Crippen molar-refractivity contribution in [1.29, 1.82) is 0 Å². The van der Waals surface area contributed by atoms with E-state index in [2.05, 4.69) is 11.0 Å². The predicted molar refractivity (Wildman–Crippen MR) is 89.7 cm³/mol. The normalized spacial score (nSPS) is 23.7. The van der Waals surface area contributed by atoms with Crippen LogP contribution in [0.15, 0.2) is 16.5 Å². The van der Waals surface area contributed by atoms with E-state index in [4.69, 9.17) is 13.9 Å². The highest BCUT2D eigenvalue weighted by atomic mass is 16.6. The Kier molecular flexibility index (Phi) is 5.27. The van der Waals surface area contributed by atoms with Crippen LogP contribution in [0.25, 0.3) is 0 Å². The zero-order chi connectivity index (χ0) is 17.2. The summed E-state index contributed by atoms with van der Waals surface area (Å²) in [5.74, 6) is 1.99. The molecule has 6 heteroatoms. The van der Waals surface area contributed by atoms with Crippen molar-refractivity contribution < 1.29 is 18.7 Å². The molecule has 0 radical (unpaired) electrons. The minimum Gasteiger partial charge on any atom is -0.465 e. The lowest BCUT2D eigenvalue weighted by molar-refractivity contribution is -0.135. The number of hydrogen-bond acceptors (Lipinski definition) is 5. The lowest BCUT2D eigenvalue weighted by Crippen LogP contribution is -2.44. The summed E-state index contributed by atoms with van der Waals surface area (Å²) in [6.45, 7) is 5.58. The van der Waals surface area contributed by atoms with Gasteiger partial charge in [-0.3, -0.25) is 9.69 Å². The minimum absolute atomic E-state index is 0.000453. The second kappa shape index (κ2) is 7.25. The van der Waals surface area contributed by atoms with E-state index < -0.39 is 0 Å². The van der Waals surface area contributed by atoms with Gasteiger partial charge < -0.3 is 18.8 Å². The molecule has 2 aliphatic heterocycles. The van der Waals surface area contributed by atoms with Crippen LogP contribution >= 0.6 is 0 Å². The van der Waals surface area contributed by atoms with Crippen molar-refractivity contribution in [1.82, 2.24) is 9.80 Å². The fourth-order valence-electron chi connectivity index (χ4n) is 3.49. The SMILES string of the molecule is Cc1ccc(CN2CCC3(CC2)C[C@@H](OCC(=O)N(C)C)CO3)o1. The molecular formula is C18H28N2O4. The average Bonchev–Trinajstić information content (AvgIpc) is 3.14. The Balaban J connectivity index is 1.43. The molecule has 134 valence electrons. The minimum atomic E-state index is -0.0680. The van der Waals surface area contributed by atoms with Gasteiger partial charge in [0.2, 0.25) is 5.91 Å². The van der Waals surface area contributed by atoms with Crippen molar-refractivity contribution in [3.05, 3.63) is 23.7 Å². The number of likely N-dealkylation sites (N-methyl/N-ethyl adjacent to an activating group) is 1. The standard InChI is InChI=1S/C18H28N2O4/c1-14-4-5-15(24-14)11-20-8-6-18(7-9-20)10-16(12-23-18)22-13-17(21)19(2)3/h4-5,16H,6-13H2,1-3H3/t16-/m1/s1. The maximum Gasteiger partial charge on any atom is 0.248 e. The van der Waals surface area contributed by atoms with E-state index in [1.54, 1.807) is 19.0 Å². The molecule has 3 heterocycles. The van der Waals surface area contributed by atoms with E-state index in [1.165, 1.54) is 0 Å². The summed E-state index contributed by atoms with van der Waals surface area (Å²) >= 11 is 0. The molecule has 0 N–H and O–H groups in total. The van der Waals surface area contributed by atoms with Gasteiger partial charge in [0.1, 0.15) is 18.1 Å². The number of hydrogen-bond donors (Lipinski definition) is 0. The van der Waals surface area contributed by atoms with Crippen LogP contribution in [0.1, 0.15) is 30.8 Å². The van der Waals surface area contributed by atoms with Crippen LogP contribution in [0.2, 0.25) is 0 Å². The Labute approximate surface area is 143 Å². The summed E-state index contributed by atoms with van der Waals surface area (Å²) in [7, 11) is 3.49. The van der Waals surface area contributed by atoms with E-state index in [-0.39, 0.29) is 24.2 Å². The summed E-state index contributed by atoms with van der Waals surface area (Å²) < 4.78 is 17.5. The molecule has 1 atom stereocenters. The van der Waals surface area contributed by atoms with Crippen LogP contribution in [-0.4, -0.2) is 67.8 Å². The molecular weight excluding hydrogens is 308 g/mol. The largest absolute Gasteiger partial charge is 0.465 e. The third-order valence-electron chi connectivity index (χ3n) is 5.06. The highest BCUT2D eigenvalue weighted by Gasteiger charge is 2.43. The van der Waals surface area contributed by atoms with Crippen molar-refractivity contribution in [2.45, 2.75) is 44.4 Å². The van der Waals surface area contributed by atoms with Crippen LogP contribution in [0.5, 0.6) is 0 Å². The van der Waals surface area contributed by atoms with Gasteiger partial charge in [-0.1, -0.05) is 0 Å². The van der Waals surface area contributed by atoms with Gasteiger partial charge in [-0.25, -0.2) is 0 Å². The van der Waals surface area contributed by atoms with Gasteiger partial charge >= 0.3 is 0 Å². The number of amides is 1. The first kappa shape index (κ1) is 17.5. The van der Waals surface area contributed by atoms with E-state index in [1.807, 2.05) is 13.0 Å². The van der Waals surface area contributed by atoms with Crippen LogP contribution in [0.4, 0.5) is 0 Å². The number of likely N-dealkylation sites (tertiary alicyclic amines) is 1. The summed E-state index contributed by atoms with van der Waals surface area (Å²) in [6.07, 6.45) is 2.94. The third-order valence-corrected chi connectivity index (χ3v) is 5.06. The molecule has 1 amide bonds. The Morgan fingerprint density at radius 1 is 1.38 bits per heavy atom. The van der Waals surface area contributed by atoms with E-state index >= 15 is 0 Å². The maximum atomic E-state index is 11.6. The second-order valence-corrected chi connectivity index (χ2v) is 7.21. The summed E-state index contributed by atoms with van der Waals surface area (Å²) in [5, 5.41) is 0. The van der Waals surface area contributed by atoms with Gasteiger partial charge in [0.25, 0.3) is 0 Å². The molecule has 2 fully saturated rings. The van der Waals surface area contributed by atoms with Crippen molar-refractivity contribution in [3.63, 3.8) is 0 Å². The number of rotatable bonds is 5. The first-order valence-electron chi connectivity index (χ1n) is 8.69. The number of carbonyl (C=O) groups is 1. The van der Waals surface area contributed by atoms with Gasteiger partial charge in [0.15, 0.2) is 0 Å². The fraction of sp³-hybridized carbons (Fsp3) is 0.722. The van der Waals surface area contributed by atoms with E-state index in [0.717, 1.165) is 50.4 Å². The smallest absolute Gasteiger partial charge is 0.248 e. The van der Waals surface area contributed by atoms with E-state index in [0.29, 0.717) is 6.61 Å². The highest BCUT2D eigenvalue weighted by Crippen LogP contribution is 2.37. The Morgan fingerprint density at radius 2 is 2.12 bits per heavy atom. The molecule has 0 bridgehead atoms. The molecule has 2 aliphatic rings. The number of carbonyl (C=O) groups excluding carboxylic acids is 1. The quantitative estimate of drug-likeness (QED) is 0.821. The first-order chi connectivity index (χ1) is 11.5. The van der Waals surface area contributed by atoms with Crippen molar-refractivity contribution in [2.75, 3.05) is 40.4 Å². The van der Waals surface area contributed by atoms with Crippen LogP contribution in [-0.2, 0) is 20.8 Å². The number of furan rings is 1. The topological polar surface area (TPSA) is 55.2 Å². The lowest BCUT2D eigenvalue weighted by Gasteiger charge is -2.38. The fourth-order valence-corrected chi connectivity index (χ4v) is 3.49. The molecule has 0 aliphatic carbocycles. The first-order valence-corrected chi connectivity index (χ1v) is 8.69. The van der Waals surface area contributed by atoms with Gasteiger partial charge in [-0.2, -0.15) is 0 Å².